The van der Waals surface area contributed by atoms with Crippen molar-refractivity contribution in [3.63, 3.8) is 0 Å². The Balaban J connectivity index is 1.35. The van der Waals surface area contributed by atoms with Gasteiger partial charge in [-0.15, -0.1) is 0 Å². The third-order valence-corrected chi connectivity index (χ3v) is 7.17. The average Bonchev–Trinajstić information content (AvgIpc) is 2.49. The van der Waals surface area contributed by atoms with Crippen molar-refractivity contribution in [2.75, 3.05) is 25.1 Å². The molecule has 0 atom stereocenters. The van der Waals surface area contributed by atoms with Gasteiger partial charge in [0.15, 0.2) is 5.16 Å². The zero-order valence-electron chi connectivity index (χ0n) is 15.2. The van der Waals surface area contributed by atoms with E-state index in [1.54, 1.807) is 6.07 Å². The Labute approximate surface area is 154 Å². The Bertz CT molecular complexity index is 622. The molecule has 4 bridgehead atoms. The molecule has 1 heterocycles. The molecule has 1 aromatic rings. The minimum absolute atomic E-state index is 0.171. The predicted molar refractivity (Wildman–Crippen MR) is 100 cm³/mol. The first kappa shape index (κ1) is 17.1. The minimum Gasteiger partial charge on any atom is -0.384 e. The number of aromatic nitrogens is 2. The zero-order valence-corrected chi connectivity index (χ0v) is 16.0. The van der Waals surface area contributed by atoms with Crippen molar-refractivity contribution in [1.29, 1.82) is 0 Å². The second kappa shape index (κ2) is 6.45. The van der Waals surface area contributed by atoms with Crippen LogP contribution in [0.5, 0.6) is 0 Å². The van der Waals surface area contributed by atoms with E-state index in [0.717, 1.165) is 30.0 Å². The molecular weight excluding hydrogens is 332 g/mol. The Morgan fingerprint density at radius 3 is 2.40 bits per heavy atom. The van der Waals surface area contributed by atoms with E-state index >= 15 is 0 Å². The van der Waals surface area contributed by atoms with Crippen LogP contribution in [0.4, 0.5) is 5.82 Å². The summed E-state index contributed by atoms with van der Waals surface area (Å²) in [5, 5.41) is 0.592. The topological polar surface area (TPSA) is 72.1 Å². The summed E-state index contributed by atoms with van der Waals surface area (Å²) in [7, 11) is 1.97. The van der Waals surface area contributed by atoms with E-state index in [-0.39, 0.29) is 5.91 Å². The Hall–Kier alpha value is -1.30. The Morgan fingerprint density at radius 2 is 1.84 bits per heavy atom. The van der Waals surface area contributed by atoms with Gasteiger partial charge in [-0.3, -0.25) is 4.79 Å². The predicted octanol–water partition coefficient (Wildman–Crippen LogP) is 3.13. The van der Waals surface area contributed by atoms with E-state index in [1.165, 1.54) is 50.3 Å². The highest BCUT2D eigenvalue weighted by atomic mass is 32.2. The van der Waals surface area contributed by atoms with Crippen molar-refractivity contribution < 1.29 is 4.79 Å². The molecule has 1 aromatic heterocycles. The summed E-state index contributed by atoms with van der Waals surface area (Å²) in [5.41, 5.74) is 7.00. The van der Waals surface area contributed by atoms with Crippen LogP contribution in [0, 0.1) is 30.1 Å². The normalized spacial score (nSPS) is 32.8. The van der Waals surface area contributed by atoms with Gasteiger partial charge in [0.05, 0.1) is 5.75 Å². The van der Waals surface area contributed by atoms with Crippen LogP contribution in [0.1, 0.15) is 44.2 Å². The number of carbonyl (C=O) groups excluding carboxylic acids is 1. The number of aryl methyl sites for hydroxylation is 1. The molecule has 1 amide bonds. The molecule has 25 heavy (non-hydrogen) atoms. The van der Waals surface area contributed by atoms with E-state index in [9.17, 15) is 4.79 Å². The van der Waals surface area contributed by atoms with E-state index in [0.29, 0.717) is 22.1 Å². The van der Waals surface area contributed by atoms with Crippen LogP contribution in [-0.4, -0.2) is 40.1 Å². The lowest BCUT2D eigenvalue weighted by Gasteiger charge is -2.57. The van der Waals surface area contributed by atoms with Crippen molar-refractivity contribution in [1.82, 2.24) is 14.9 Å². The molecule has 4 aliphatic rings. The highest BCUT2D eigenvalue weighted by Gasteiger charge is 2.51. The number of anilines is 1. The summed E-state index contributed by atoms with van der Waals surface area (Å²) in [6.07, 6.45) is 8.33. The second-order valence-electron chi connectivity index (χ2n) is 8.67. The molecule has 6 heteroatoms. The minimum atomic E-state index is 0.171. The molecule has 136 valence electrons. The van der Waals surface area contributed by atoms with Crippen molar-refractivity contribution in [2.45, 2.75) is 50.6 Å². The molecule has 4 saturated carbocycles. The van der Waals surface area contributed by atoms with Gasteiger partial charge < -0.3 is 10.6 Å². The van der Waals surface area contributed by atoms with Gasteiger partial charge in [-0.1, -0.05) is 11.8 Å². The number of thioether (sulfide) groups is 1. The highest BCUT2D eigenvalue weighted by Crippen LogP contribution is 2.60. The van der Waals surface area contributed by atoms with Crippen LogP contribution in [-0.2, 0) is 4.79 Å². The van der Waals surface area contributed by atoms with Crippen LogP contribution in [0.15, 0.2) is 11.2 Å². The molecule has 0 unspecified atom stereocenters. The van der Waals surface area contributed by atoms with Crippen molar-refractivity contribution in [2.24, 2.45) is 23.2 Å². The lowest BCUT2D eigenvalue weighted by Crippen LogP contribution is -2.51. The summed E-state index contributed by atoms with van der Waals surface area (Å²) in [5.74, 6) is 3.79. The highest BCUT2D eigenvalue weighted by molar-refractivity contribution is 7.99. The first-order valence-electron chi connectivity index (χ1n) is 9.39. The molecule has 4 aliphatic carbocycles. The zero-order chi connectivity index (χ0) is 17.6. The van der Waals surface area contributed by atoms with Gasteiger partial charge in [0, 0.05) is 25.4 Å². The maximum atomic E-state index is 12.6. The molecule has 0 aliphatic heterocycles. The molecule has 2 N–H and O–H groups in total. The number of hydrogen-bond donors (Lipinski definition) is 1. The molecule has 5 rings (SSSR count). The molecule has 0 spiro atoms. The summed E-state index contributed by atoms with van der Waals surface area (Å²) in [4.78, 5) is 23.1. The van der Waals surface area contributed by atoms with E-state index < -0.39 is 0 Å². The van der Waals surface area contributed by atoms with Crippen LogP contribution in [0.25, 0.3) is 0 Å². The summed E-state index contributed by atoms with van der Waals surface area (Å²) in [6.45, 7) is 2.82. The molecule has 5 nitrogen and oxygen atoms in total. The third-order valence-electron chi connectivity index (χ3n) is 6.34. The van der Waals surface area contributed by atoms with Crippen LogP contribution >= 0.6 is 11.8 Å². The van der Waals surface area contributed by atoms with E-state index in [4.69, 9.17) is 5.73 Å². The number of nitrogens with zero attached hydrogens (tertiary/aromatic N) is 3. The Morgan fingerprint density at radius 1 is 1.24 bits per heavy atom. The number of hydrogen-bond acceptors (Lipinski definition) is 5. The molecule has 0 radical (unpaired) electrons. The van der Waals surface area contributed by atoms with Gasteiger partial charge in [0.1, 0.15) is 5.82 Å². The third kappa shape index (κ3) is 3.64. The van der Waals surface area contributed by atoms with Crippen molar-refractivity contribution in [3.8, 4) is 0 Å². The van der Waals surface area contributed by atoms with E-state index in [1.807, 2.05) is 18.9 Å². The summed E-state index contributed by atoms with van der Waals surface area (Å²) in [6, 6.07) is 1.74. The molecule has 4 fully saturated rings. The van der Waals surface area contributed by atoms with E-state index in [2.05, 4.69) is 9.97 Å². The lowest BCUT2D eigenvalue weighted by atomic mass is 9.49. The number of nitrogens with two attached hydrogens (primary N) is 1. The maximum Gasteiger partial charge on any atom is 0.232 e. The van der Waals surface area contributed by atoms with Gasteiger partial charge in [-0.05, 0) is 68.6 Å². The first-order chi connectivity index (χ1) is 11.9. The average molecular weight is 361 g/mol. The van der Waals surface area contributed by atoms with Gasteiger partial charge >= 0.3 is 0 Å². The number of amides is 1. The number of carbonyl (C=O) groups is 1. The van der Waals surface area contributed by atoms with Crippen LogP contribution in [0.2, 0.25) is 0 Å². The molecule has 0 saturated heterocycles. The van der Waals surface area contributed by atoms with Gasteiger partial charge in [-0.2, -0.15) is 0 Å². The first-order valence-corrected chi connectivity index (χ1v) is 10.4. The van der Waals surface area contributed by atoms with Crippen LogP contribution < -0.4 is 5.73 Å². The number of rotatable bonds is 5. The fourth-order valence-corrected chi connectivity index (χ4v) is 6.79. The fraction of sp³-hybridized carbons (Fsp3) is 0.737. The maximum absolute atomic E-state index is 12.6. The fourth-order valence-electron chi connectivity index (χ4n) is 5.94. The van der Waals surface area contributed by atoms with Gasteiger partial charge in [-0.25, -0.2) is 9.97 Å². The monoisotopic (exact) mass is 360 g/mol. The quantitative estimate of drug-likeness (QED) is 0.645. The second-order valence-corrected chi connectivity index (χ2v) is 9.62. The largest absolute Gasteiger partial charge is 0.384 e. The molecule has 0 aromatic carbocycles. The number of nitrogen functional groups attached to an aromatic ring is 1. The molecular formula is C19H28N4OS. The lowest BCUT2D eigenvalue weighted by molar-refractivity contribution is -0.132. The standard InChI is InChI=1S/C19H28N4OS/c1-12-3-16(20)22-18(21-12)25-10-17(24)23(2)11-19-7-13-4-14(8-19)6-15(5-13)9-19/h3,13-15H,4-11H2,1-2H3,(H2,20,21,22). The van der Waals surface area contributed by atoms with Crippen molar-refractivity contribution >= 4 is 23.5 Å². The van der Waals surface area contributed by atoms with Gasteiger partial charge in [0.2, 0.25) is 5.91 Å². The van der Waals surface area contributed by atoms with Crippen LogP contribution in [0.3, 0.4) is 0 Å². The smallest absolute Gasteiger partial charge is 0.232 e. The Kier molecular flexibility index (Phi) is 4.42. The summed E-state index contributed by atoms with van der Waals surface area (Å²) >= 11 is 1.38. The van der Waals surface area contributed by atoms with Crippen molar-refractivity contribution in [3.05, 3.63) is 11.8 Å². The SMILES string of the molecule is Cc1cc(N)nc(SCC(=O)N(C)CC23CC4CC(CC(C4)C2)C3)n1. The summed E-state index contributed by atoms with van der Waals surface area (Å²) < 4.78 is 0. The van der Waals surface area contributed by atoms with Gasteiger partial charge in [0.25, 0.3) is 0 Å².